The lowest BCUT2D eigenvalue weighted by molar-refractivity contribution is -0.121. The molecular weight excluding hydrogens is 586 g/mol. The highest BCUT2D eigenvalue weighted by molar-refractivity contribution is 5.85. The molecule has 4 N–H and O–H groups in total. The van der Waals surface area contributed by atoms with Gasteiger partial charge in [0.2, 0.25) is 23.0 Å². The SMILES string of the molecule is CCC(C)C(NC(=O)CNc1ccc2c(cc1=O)C(NC(C)=O)CCc1cc(OC)c(OC)c(OC)c1-2)c1nc2ccccc2[nH]1. The van der Waals surface area contributed by atoms with E-state index < -0.39 is 6.04 Å². The molecule has 11 heteroatoms. The van der Waals surface area contributed by atoms with E-state index in [-0.39, 0.29) is 41.4 Å². The van der Waals surface area contributed by atoms with Crippen LogP contribution in [0.3, 0.4) is 0 Å². The fraction of sp³-hybridized carbons (Fsp3) is 0.371. The van der Waals surface area contributed by atoms with Crippen LogP contribution in [0.4, 0.5) is 5.69 Å². The highest BCUT2D eigenvalue weighted by atomic mass is 16.5. The van der Waals surface area contributed by atoms with E-state index >= 15 is 0 Å². The maximum absolute atomic E-state index is 13.6. The molecular formula is C35H41N5O6. The van der Waals surface area contributed by atoms with Gasteiger partial charge in [0.25, 0.3) is 0 Å². The second kappa shape index (κ2) is 13.9. The van der Waals surface area contributed by atoms with Gasteiger partial charge in [-0.1, -0.05) is 38.5 Å². The maximum Gasteiger partial charge on any atom is 0.239 e. The van der Waals surface area contributed by atoms with Gasteiger partial charge in [0.15, 0.2) is 11.5 Å². The summed E-state index contributed by atoms with van der Waals surface area (Å²) in [4.78, 5) is 47.2. The monoisotopic (exact) mass is 627 g/mol. The lowest BCUT2D eigenvalue weighted by Crippen LogP contribution is -2.37. The number of rotatable bonds is 11. The molecule has 1 aromatic heterocycles. The third kappa shape index (κ3) is 6.49. The van der Waals surface area contributed by atoms with Crippen LogP contribution in [-0.4, -0.2) is 49.7 Å². The van der Waals surface area contributed by atoms with Crippen LogP contribution in [0.1, 0.15) is 62.6 Å². The minimum atomic E-state index is -0.432. The highest BCUT2D eigenvalue weighted by Gasteiger charge is 2.30. The number of aromatic nitrogens is 2. The summed E-state index contributed by atoms with van der Waals surface area (Å²) < 4.78 is 17.1. The van der Waals surface area contributed by atoms with Crippen molar-refractivity contribution >= 4 is 28.5 Å². The van der Waals surface area contributed by atoms with Gasteiger partial charge in [0.1, 0.15) is 5.82 Å². The number of ether oxygens (including phenoxy) is 3. The van der Waals surface area contributed by atoms with Gasteiger partial charge in [0.05, 0.1) is 56.7 Å². The molecule has 3 unspecified atom stereocenters. The number of para-hydroxylation sites is 2. The second-order valence-corrected chi connectivity index (χ2v) is 11.5. The molecule has 3 atom stereocenters. The molecule has 2 amide bonds. The summed E-state index contributed by atoms with van der Waals surface area (Å²) in [6.45, 7) is 5.45. The summed E-state index contributed by atoms with van der Waals surface area (Å²) in [6.07, 6.45) is 1.97. The van der Waals surface area contributed by atoms with Crippen LogP contribution < -0.4 is 35.6 Å². The van der Waals surface area contributed by atoms with Crippen molar-refractivity contribution in [2.45, 2.75) is 52.1 Å². The minimum Gasteiger partial charge on any atom is -0.493 e. The van der Waals surface area contributed by atoms with Crippen molar-refractivity contribution in [3.8, 4) is 28.4 Å². The molecule has 1 aliphatic carbocycles. The zero-order valence-electron chi connectivity index (χ0n) is 27.1. The second-order valence-electron chi connectivity index (χ2n) is 11.5. The van der Waals surface area contributed by atoms with Crippen molar-refractivity contribution in [2.24, 2.45) is 5.92 Å². The van der Waals surface area contributed by atoms with Gasteiger partial charge in [-0.15, -0.1) is 0 Å². The first-order chi connectivity index (χ1) is 22.2. The number of anilines is 1. The van der Waals surface area contributed by atoms with Crippen LogP contribution in [0.5, 0.6) is 17.2 Å². The Morgan fingerprint density at radius 3 is 2.48 bits per heavy atom. The molecule has 0 saturated carbocycles. The Balaban J connectivity index is 1.48. The normalized spacial score (nSPS) is 15.0. The van der Waals surface area contributed by atoms with E-state index in [1.165, 1.54) is 13.0 Å². The Morgan fingerprint density at radius 2 is 1.80 bits per heavy atom. The van der Waals surface area contributed by atoms with Crippen LogP contribution in [0.2, 0.25) is 0 Å². The number of aromatic amines is 1. The molecule has 0 fully saturated rings. The fourth-order valence-corrected chi connectivity index (χ4v) is 6.09. The number of hydrogen-bond donors (Lipinski definition) is 4. The first kappa shape index (κ1) is 32.3. The first-order valence-corrected chi connectivity index (χ1v) is 15.4. The number of aryl methyl sites for hydroxylation is 1. The average molecular weight is 628 g/mol. The van der Waals surface area contributed by atoms with Crippen molar-refractivity contribution in [3.63, 3.8) is 0 Å². The van der Waals surface area contributed by atoms with Gasteiger partial charge >= 0.3 is 0 Å². The zero-order chi connectivity index (χ0) is 33.0. The third-order valence-corrected chi connectivity index (χ3v) is 8.59. The van der Waals surface area contributed by atoms with Crippen molar-refractivity contribution in [1.29, 1.82) is 0 Å². The van der Waals surface area contributed by atoms with Crippen LogP contribution in [-0.2, 0) is 16.0 Å². The Bertz CT molecular complexity index is 1790. The number of carbonyl (C=O) groups excluding carboxylic acids is 2. The number of amides is 2. The third-order valence-electron chi connectivity index (χ3n) is 8.59. The summed E-state index contributed by atoms with van der Waals surface area (Å²) in [6, 6.07) is 13.9. The number of nitrogens with zero attached hydrogens (tertiary/aromatic N) is 1. The van der Waals surface area contributed by atoms with Gasteiger partial charge in [-0.25, -0.2) is 4.98 Å². The van der Waals surface area contributed by atoms with Crippen LogP contribution >= 0.6 is 0 Å². The summed E-state index contributed by atoms with van der Waals surface area (Å²) >= 11 is 0. The minimum absolute atomic E-state index is 0.112. The molecule has 1 aliphatic rings. The maximum atomic E-state index is 13.6. The lowest BCUT2D eigenvalue weighted by atomic mass is 9.95. The van der Waals surface area contributed by atoms with E-state index in [2.05, 4.69) is 34.8 Å². The van der Waals surface area contributed by atoms with Gasteiger partial charge in [-0.05, 0) is 65.8 Å². The average Bonchev–Trinajstić information content (AvgIpc) is 3.35. The topological polar surface area (TPSA) is 144 Å². The zero-order valence-corrected chi connectivity index (χ0v) is 27.1. The number of carbonyl (C=O) groups is 2. The summed E-state index contributed by atoms with van der Waals surface area (Å²) in [5, 5.41) is 9.15. The predicted molar refractivity (Wildman–Crippen MR) is 178 cm³/mol. The predicted octanol–water partition coefficient (Wildman–Crippen LogP) is 5.05. The van der Waals surface area contributed by atoms with Crippen LogP contribution in [0, 0.1) is 5.92 Å². The molecule has 11 nitrogen and oxygen atoms in total. The standard InChI is InChI=1S/C35H41N5O6/c1-7-19(2)32(35-38-25-10-8-9-11-26(25)39-35)40-30(43)18-36-27-15-13-22-23(17-28(27)42)24(37-20(3)41)14-12-21-16-29(44-4)33(45-5)34(46-6)31(21)22/h8-11,13,15-17,19,24,32H,7,12,14,18H2,1-6H3,(H,36,42)(H,37,41)(H,38,39)(H,40,43). The highest BCUT2D eigenvalue weighted by Crippen LogP contribution is 2.50. The van der Waals surface area contributed by atoms with Gasteiger partial charge in [0, 0.05) is 12.5 Å². The number of H-pyrrole nitrogens is 1. The molecule has 0 saturated heterocycles. The number of methoxy groups -OCH3 is 3. The number of benzene rings is 2. The van der Waals surface area contributed by atoms with E-state index in [0.717, 1.165) is 28.6 Å². The Hall–Kier alpha value is -5.06. The molecule has 0 spiro atoms. The van der Waals surface area contributed by atoms with E-state index in [0.29, 0.717) is 47.0 Å². The largest absolute Gasteiger partial charge is 0.493 e. The van der Waals surface area contributed by atoms with E-state index in [1.807, 2.05) is 36.4 Å². The Kier molecular flexibility index (Phi) is 9.79. The molecule has 46 heavy (non-hydrogen) atoms. The van der Waals surface area contributed by atoms with Crippen molar-refractivity contribution in [2.75, 3.05) is 33.2 Å². The van der Waals surface area contributed by atoms with Crippen molar-refractivity contribution in [3.05, 3.63) is 75.7 Å². The van der Waals surface area contributed by atoms with Crippen LogP contribution in [0.25, 0.3) is 22.2 Å². The summed E-state index contributed by atoms with van der Waals surface area (Å²) in [7, 11) is 4.66. The molecule has 242 valence electrons. The number of nitrogens with one attached hydrogen (secondary N) is 4. The molecule has 4 aromatic rings. The van der Waals surface area contributed by atoms with E-state index in [1.54, 1.807) is 27.4 Å². The van der Waals surface area contributed by atoms with Crippen molar-refractivity contribution < 1.29 is 23.8 Å². The molecule has 0 bridgehead atoms. The fourth-order valence-electron chi connectivity index (χ4n) is 6.09. The summed E-state index contributed by atoms with van der Waals surface area (Å²) in [5.41, 5.74) is 4.69. The van der Waals surface area contributed by atoms with E-state index in [4.69, 9.17) is 19.2 Å². The van der Waals surface area contributed by atoms with E-state index in [9.17, 15) is 14.4 Å². The molecule has 5 rings (SSSR count). The quantitative estimate of drug-likeness (QED) is 0.181. The van der Waals surface area contributed by atoms with Crippen molar-refractivity contribution in [1.82, 2.24) is 20.6 Å². The van der Waals surface area contributed by atoms with Crippen LogP contribution in [0.15, 0.2) is 53.3 Å². The number of fused-ring (bicyclic) bond motifs is 4. The molecule has 0 radical (unpaired) electrons. The summed E-state index contributed by atoms with van der Waals surface area (Å²) in [5.74, 6) is 1.73. The molecule has 1 heterocycles. The Labute approximate surface area is 268 Å². The van der Waals surface area contributed by atoms with Gasteiger partial charge in [-0.3, -0.25) is 14.4 Å². The van der Waals surface area contributed by atoms with Gasteiger partial charge in [-0.2, -0.15) is 0 Å². The number of hydrogen-bond acceptors (Lipinski definition) is 8. The van der Waals surface area contributed by atoms with Gasteiger partial charge < -0.3 is 35.1 Å². The Morgan fingerprint density at radius 1 is 1.04 bits per heavy atom. The first-order valence-electron chi connectivity index (χ1n) is 15.4. The lowest BCUT2D eigenvalue weighted by Gasteiger charge is -2.22. The number of imidazole rings is 1. The molecule has 3 aromatic carbocycles. The smallest absolute Gasteiger partial charge is 0.239 e. The molecule has 0 aliphatic heterocycles.